The molecule has 1 aromatic carbocycles. The van der Waals surface area contributed by atoms with Crippen LogP contribution in [-0.4, -0.2) is 18.0 Å². The Morgan fingerprint density at radius 1 is 1.47 bits per heavy atom. The fourth-order valence-corrected chi connectivity index (χ4v) is 2.08. The minimum Gasteiger partial charge on any atom is -0.497 e. The normalized spacial score (nSPS) is 10.6. The number of aromatic nitrogens is 1. The number of rotatable bonds is 4. The number of aryl methyl sites for hydroxylation is 1. The summed E-state index contributed by atoms with van der Waals surface area (Å²) in [6, 6.07) is 7.21. The molecular formula is C14H14N2O2S. The number of methoxy groups -OCH3 is 1. The summed E-state index contributed by atoms with van der Waals surface area (Å²) < 4.78 is 5.09. The van der Waals surface area contributed by atoms with Gasteiger partial charge in [-0.25, -0.2) is 4.98 Å². The number of thiazole rings is 1. The molecule has 0 fully saturated rings. The zero-order valence-electron chi connectivity index (χ0n) is 10.7. The van der Waals surface area contributed by atoms with Gasteiger partial charge in [-0.2, -0.15) is 0 Å². The first-order valence-electron chi connectivity index (χ1n) is 5.72. The highest BCUT2D eigenvalue weighted by Gasteiger charge is 2.00. The zero-order valence-corrected chi connectivity index (χ0v) is 11.5. The minimum atomic E-state index is -0.195. The number of ether oxygens (including phenoxy) is 1. The van der Waals surface area contributed by atoms with Crippen molar-refractivity contribution in [1.29, 1.82) is 0 Å². The first kappa shape index (κ1) is 13.3. The first-order valence-corrected chi connectivity index (χ1v) is 6.60. The maximum atomic E-state index is 11.7. The molecular weight excluding hydrogens is 260 g/mol. The molecule has 19 heavy (non-hydrogen) atoms. The van der Waals surface area contributed by atoms with Gasteiger partial charge in [0.05, 0.1) is 17.8 Å². The molecule has 0 spiro atoms. The maximum absolute atomic E-state index is 11.7. The highest BCUT2D eigenvalue weighted by Crippen LogP contribution is 2.16. The van der Waals surface area contributed by atoms with Gasteiger partial charge in [0, 0.05) is 23.2 Å². The summed E-state index contributed by atoms with van der Waals surface area (Å²) in [5.74, 6) is 0.510. The van der Waals surface area contributed by atoms with Crippen LogP contribution in [0.25, 0.3) is 6.08 Å². The lowest BCUT2D eigenvalue weighted by Gasteiger charge is -2.04. The van der Waals surface area contributed by atoms with E-state index < -0.39 is 0 Å². The Kier molecular flexibility index (Phi) is 4.30. The predicted molar refractivity (Wildman–Crippen MR) is 77.5 cm³/mol. The number of hydrogen-bond donors (Lipinski definition) is 1. The molecule has 0 radical (unpaired) electrons. The molecule has 0 aliphatic rings. The van der Waals surface area contributed by atoms with E-state index in [-0.39, 0.29) is 5.91 Å². The fourth-order valence-electron chi connectivity index (χ4n) is 1.50. The van der Waals surface area contributed by atoms with Crippen LogP contribution in [0.15, 0.2) is 35.7 Å². The van der Waals surface area contributed by atoms with Gasteiger partial charge < -0.3 is 10.1 Å². The standard InChI is InChI=1S/C14H14N2O2S/c1-10-15-12(9-19-10)6-7-14(17)16-11-4-3-5-13(8-11)18-2/h3-9H,1-2H3,(H,16,17). The predicted octanol–water partition coefficient (Wildman–Crippen LogP) is 3.11. The van der Waals surface area contributed by atoms with Crippen LogP contribution in [-0.2, 0) is 4.79 Å². The Labute approximate surface area is 115 Å². The van der Waals surface area contributed by atoms with Gasteiger partial charge in [-0.1, -0.05) is 6.07 Å². The summed E-state index contributed by atoms with van der Waals surface area (Å²) in [4.78, 5) is 16.0. The van der Waals surface area contributed by atoms with E-state index in [9.17, 15) is 4.79 Å². The zero-order chi connectivity index (χ0) is 13.7. The Hall–Kier alpha value is -2.14. The first-order chi connectivity index (χ1) is 9.17. The summed E-state index contributed by atoms with van der Waals surface area (Å²) in [5, 5.41) is 5.65. The van der Waals surface area contributed by atoms with Gasteiger partial charge in [0.25, 0.3) is 0 Å². The van der Waals surface area contributed by atoms with Crippen molar-refractivity contribution in [2.75, 3.05) is 12.4 Å². The molecule has 1 heterocycles. The number of anilines is 1. The van der Waals surface area contributed by atoms with Crippen molar-refractivity contribution in [3.8, 4) is 5.75 Å². The Balaban J connectivity index is 1.99. The van der Waals surface area contributed by atoms with Crippen LogP contribution in [0.3, 0.4) is 0 Å². The summed E-state index contributed by atoms with van der Waals surface area (Å²) >= 11 is 1.55. The lowest BCUT2D eigenvalue weighted by atomic mass is 10.3. The number of carbonyl (C=O) groups excluding carboxylic acids is 1. The van der Waals surface area contributed by atoms with Crippen molar-refractivity contribution in [1.82, 2.24) is 4.98 Å². The van der Waals surface area contributed by atoms with Crippen LogP contribution in [0, 0.1) is 6.92 Å². The Bertz CT molecular complexity index is 605. The average molecular weight is 274 g/mol. The van der Waals surface area contributed by atoms with Crippen molar-refractivity contribution < 1.29 is 9.53 Å². The van der Waals surface area contributed by atoms with E-state index in [0.29, 0.717) is 11.4 Å². The third-order valence-electron chi connectivity index (χ3n) is 2.38. The second kappa shape index (κ2) is 6.15. The largest absolute Gasteiger partial charge is 0.497 e. The second-order valence-corrected chi connectivity index (χ2v) is 4.91. The second-order valence-electron chi connectivity index (χ2n) is 3.85. The highest BCUT2D eigenvalue weighted by molar-refractivity contribution is 7.09. The van der Waals surface area contributed by atoms with Crippen molar-refractivity contribution in [3.05, 3.63) is 46.4 Å². The molecule has 0 bridgehead atoms. The molecule has 0 saturated heterocycles. The third kappa shape index (κ3) is 3.93. The number of benzene rings is 1. The molecule has 1 N–H and O–H groups in total. The monoisotopic (exact) mass is 274 g/mol. The summed E-state index contributed by atoms with van der Waals surface area (Å²) in [6.45, 7) is 1.93. The van der Waals surface area contributed by atoms with Crippen molar-refractivity contribution in [2.45, 2.75) is 6.92 Å². The molecule has 1 aromatic heterocycles. The van der Waals surface area contributed by atoms with Crippen molar-refractivity contribution in [3.63, 3.8) is 0 Å². The quantitative estimate of drug-likeness (QED) is 0.871. The minimum absolute atomic E-state index is 0.195. The van der Waals surface area contributed by atoms with Gasteiger partial charge in [0.15, 0.2) is 0 Å². The molecule has 98 valence electrons. The Morgan fingerprint density at radius 2 is 2.32 bits per heavy atom. The summed E-state index contributed by atoms with van der Waals surface area (Å²) in [6.07, 6.45) is 3.16. The van der Waals surface area contributed by atoms with Gasteiger partial charge in [-0.15, -0.1) is 11.3 Å². The molecule has 0 aliphatic carbocycles. The van der Waals surface area contributed by atoms with Gasteiger partial charge in [0.2, 0.25) is 5.91 Å². The van der Waals surface area contributed by atoms with E-state index in [4.69, 9.17) is 4.74 Å². The molecule has 0 aliphatic heterocycles. The average Bonchev–Trinajstić information content (AvgIpc) is 2.82. The topological polar surface area (TPSA) is 51.2 Å². The molecule has 5 heteroatoms. The highest BCUT2D eigenvalue weighted by atomic mass is 32.1. The maximum Gasteiger partial charge on any atom is 0.248 e. The van der Waals surface area contributed by atoms with Gasteiger partial charge in [-0.3, -0.25) is 4.79 Å². The number of nitrogens with zero attached hydrogens (tertiary/aromatic N) is 1. The lowest BCUT2D eigenvalue weighted by molar-refractivity contribution is -0.111. The van der Waals surface area contributed by atoms with Crippen LogP contribution >= 0.6 is 11.3 Å². The summed E-state index contributed by atoms with van der Waals surface area (Å²) in [7, 11) is 1.59. The van der Waals surface area contributed by atoms with Crippen molar-refractivity contribution in [2.24, 2.45) is 0 Å². The molecule has 4 nitrogen and oxygen atoms in total. The van der Waals surface area contributed by atoms with E-state index in [1.165, 1.54) is 6.08 Å². The van der Waals surface area contributed by atoms with E-state index in [1.54, 1.807) is 36.7 Å². The summed E-state index contributed by atoms with van der Waals surface area (Å²) in [5.41, 5.74) is 1.49. The molecule has 0 atom stereocenters. The van der Waals surface area contributed by atoms with E-state index >= 15 is 0 Å². The SMILES string of the molecule is COc1cccc(NC(=O)C=Cc2csc(C)n2)c1. The lowest BCUT2D eigenvalue weighted by Crippen LogP contribution is -2.07. The molecule has 1 amide bonds. The van der Waals surface area contributed by atoms with Crippen LogP contribution in [0.2, 0.25) is 0 Å². The smallest absolute Gasteiger partial charge is 0.248 e. The van der Waals surface area contributed by atoms with Crippen LogP contribution in [0.4, 0.5) is 5.69 Å². The molecule has 2 aromatic rings. The van der Waals surface area contributed by atoms with Crippen molar-refractivity contribution >= 4 is 29.0 Å². The number of hydrogen-bond acceptors (Lipinski definition) is 4. The van der Waals surface area contributed by atoms with Crippen LogP contribution < -0.4 is 10.1 Å². The van der Waals surface area contributed by atoms with E-state index in [2.05, 4.69) is 10.3 Å². The molecule has 2 rings (SSSR count). The number of nitrogens with one attached hydrogen (secondary N) is 1. The van der Waals surface area contributed by atoms with Crippen LogP contribution in [0.5, 0.6) is 5.75 Å². The van der Waals surface area contributed by atoms with Gasteiger partial charge in [-0.05, 0) is 25.1 Å². The Morgan fingerprint density at radius 3 is 3.00 bits per heavy atom. The number of amides is 1. The van der Waals surface area contributed by atoms with Gasteiger partial charge >= 0.3 is 0 Å². The van der Waals surface area contributed by atoms with Gasteiger partial charge in [0.1, 0.15) is 5.75 Å². The van der Waals surface area contributed by atoms with E-state index in [0.717, 1.165) is 10.7 Å². The molecule has 0 unspecified atom stereocenters. The third-order valence-corrected chi connectivity index (χ3v) is 3.17. The fraction of sp³-hybridized carbons (Fsp3) is 0.143. The van der Waals surface area contributed by atoms with E-state index in [1.807, 2.05) is 24.4 Å². The number of carbonyl (C=O) groups is 1. The molecule has 0 saturated carbocycles. The van der Waals surface area contributed by atoms with Crippen LogP contribution in [0.1, 0.15) is 10.7 Å².